The highest BCUT2D eigenvalue weighted by molar-refractivity contribution is 6.53. The van der Waals surface area contributed by atoms with E-state index < -0.39 is 28.0 Å². The molecule has 2 N–H and O–H groups in total. The van der Waals surface area contributed by atoms with E-state index in [4.69, 9.17) is 58.0 Å². The van der Waals surface area contributed by atoms with Gasteiger partial charge in [0.1, 0.15) is 4.33 Å². The number of amides is 2. The molecule has 1 fully saturated rings. The smallest absolute Gasteiger partial charge is 0.257 e. The van der Waals surface area contributed by atoms with Crippen LogP contribution in [0.1, 0.15) is 21.8 Å². The average Bonchev–Trinajstić information content (AvgIpc) is 3.31. The molecule has 0 saturated heterocycles. The minimum absolute atomic E-state index is 0.213. The number of nitrogens with one attached hydrogen (secondary N) is 2. The van der Waals surface area contributed by atoms with E-state index >= 15 is 0 Å². The van der Waals surface area contributed by atoms with E-state index in [0.717, 1.165) is 0 Å². The van der Waals surface area contributed by atoms with Crippen LogP contribution < -0.4 is 10.6 Å². The molecule has 0 aliphatic heterocycles. The molecule has 0 radical (unpaired) electrons. The van der Waals surface area contributed by atoms with Gasteiger partial charge in [0.2, 0.25) is 5.91 Å². The summed E-state index contributed by atoms with van der Waals surface area (Å²) in [7, 11) is 0. The van der Waals surface area contributed by atoms with Crippen LogP contribution >= 0.6 is 58.0 Å². The monoisotopic (exact) mass is 526 g/mol. The number of hydrogen-bond donors (Lipinski definition) is 2. The molecule has 0 bridgehead atoms. The lowest BCUT2D eigenvalue weighted by molar-refractivity contribution is -0.117. The first kappa shape index (κ1) is 23.2. The molecule has 1 saturated carbocycles. The summed E-state index contributed by atoms with van der Waals surface area (Å²) in [6.07, 6.45) is 0. The van der Waals surface area contributed by atoms with Crippen LogP contribution in [0.4, 0.5) is 11.4 Å². The van der Waals surface area contributed by atoms with Gasteiger partial charge < -0.3 is 10.6 Å². The minimum atomic E-state index is -1.31. The number of halogens is 5. The van der Waals surface area contributed by atoms with Gasteiger partial charge >= 0.3 is 0 Å². The Balaban J connectivity index is 1.51. The maximum absolute atomic E-state index is 12.9. The highest BCUT2D eigenvalue weighted by Gasteiger charge is 2.67. The number of para-hydroxylation sites is 1. The molecule has 3 aromatic carbocycles. The topological polar surface area (TPSA) is 58.2 Å². The second kappa shape index (κ2) is 9.12. The van der Waals surface area contributed by atoms with Crippen LogP contribution in [0.2, 0.25) is 15.1 Å². The van der Waals surface area contributed by atoms with Crippen molar-refractivity contribution in [3.05, 3.63) is 92.9 Å². The third-order valence-corrected chi connectivity index (χ3v) is 6.80. The Morgan fingerprint density at radius 3 is 2.09 bits per heavy atom. The van der Waals surface area contributed by atoms with E-state index in [2.05, 4.69) is 10.6 Å². The third-order valence-electron chi connectivity index (χ3n) is 5.09. The van der Waals surface area contributed by atoms with Gasteiger partial charge in [-0.2, -0.15) is 0 Å². The zero-order chi connectivity index (χ0) is 23.0. The predicted molar refractivity (Wildman–Crippen MR) is 132 cm³/mol. The Morgan fingerprint density at radius 2 is 1.44 bits per heavy atom. The summed E-state index contributed by atoms with van der Waals surface area (Å²) < 4.78 is -1.31. The van der Waals surface area contributed by atoms with Crippen molar-refractivity contribution in [3.63, 3.8) is 0 Å². The fourth-order valence-electron chi connectivity index (χ4n) is 3.54. The minimum Gasteiger partial charge on any atom is -0.326 e. The lowest BCUT2D eigenvalue weighted by Crippen LogP contribution is -2.18. The highest BCUT2D eigenvalue weighted by atomic mass is 35.5. The number of carbonyl (C=O) groups is 2. The number of anilines is 2. The van der Waals surface area contributed by atoms with Crippen LogP contribution in [0.25, 0.3) is 0 Å². The van der Waals surface area contributed by atoms with Crippen molar-refractivity contribution in [2.45, 2.75) is 10.3 Å². The summed E-state index contributed by atoms with van der Waals surface area (Å²) >= 11 is 31.2. The van der Waals surface area contributed by atoms with Gasteiger partial charge in [-0.3, -0.25) is 9.59 Å². The van der Waals surface area contributed by atoms with Gasteiger partial charge in [-0.15, -0.1) is 23.2 Å². The van der Waals surface area contributed by atoms with Gasteiger partial charge in [0.25, 0.3) is 5.91 Å². The van der Waals surface area contributed by atoms with E-state index in [9.17, 15) is 9.59 Å². The maximum atomic E-state index is 12.9. The predicted octanol–water partition coefficient (Wildman–Crippen LogP) is 7.43. The highest BCUT2D eigenvalue weighted by Crippen LogP contribution is 2.65. The van der Waals surface area contributed by atoms with Crippen molar-refractivity contribution in [2.75, 3.05) is 10.6 Å². The van der Waals surface area contributed by atoms with Crippen molar-refractivity contribution in [3.8, 4) is 0 Å². The summed E-state index contributed by atoms with van der Waals surface area (Å²) in [5, 5.41) is 6.63. The Morgan fingerprint density at radius 1 is 0.781 bits per heavy atom. The molecule has 0 aromatic heterocycles. The van der Waals surface area contributed by atoms with Crippen LogP contribution in [-0.2, 0) is 4.79 Å². The molecule has 164 valence electrons. The van der Waals surface area contributed by atoms with Crippen molar-refractivity contribution in [1.82, 2.24) is 0 Å². The van der Waals surface area contributed by atoms with Gasteiger partial charge in [-0.25, -0.2) is 0 Å². The molecule has 2 atom stereocenters. The van der Waals surface area contributed by atoms with E-state index in [-0.39, 0.29) is 10.6 Å². The van der Waals surface area contributed by atoms with Gasteiger partial charge in [0, 0.05) is 27.3 Å². The van der Waals surface area contributed by atoms with Crippen molar-refractivity contribution >= 4 is 81.2 Å². The van der Waals surface area contributed by atoms with Crippen LogP contribution in [0.5, 0.6) is 0 Å². The normalized spacial score (nSPS) is 18.7. The summed E-state index contributed by atoms with van der Waals surface area (Å²) in [6, 6.07) is 18.5. The first-order valence-corrected chi connectivity index (χ1v) is 11.4. The third kappa shape index (κ3) is 4.85. The Labute approximate surface area is 209 Å². The van der Waals surface area contributed by atoms with Crippen LogP contribution in [0, 0.1) is 5.92 Å². The summed E-state index contributed by atoms with van der Waals surface area (Å²) in [5.41, 5.74) is 1.89. The van der Waals surface area contributed by atoms with Crippen molar-refractivity contribution in [1.29, 1.82) is 0 Å². The van der Waals surface area contributed by atoms with Gasteiger partial charge in [-0.05, 0) is 54.1 Å². The molecular weight excluding hydrogens is 514 g/mol. The largest absolute Gasteiger partial charge is 0.326 e. The van der Waals surface area contributed by atoms with Crippen LogP contribution in [0.15, 0.2) is 66.7 Å². The van der Waals surface area contributed by atoms with Crippen molar-refractivity contribution < 1.29 is 9.59 Å². The molecule has 2 amide bonds. The molecule has 1 aliphatic carbocycles. The number of hydrogen-bond acceptors (Lipinski definition) is 2. The first-order chi connectivity index (χ1) is 15.2. The number of benzene rings is 3. The fraction of sp³-hybridized carbons (Fsp3) is 0.130. The molecule has 0 heterocycles. The zero-order valence-corrected chi connectivity index (χ0v) is 20.0. The zero-order valence-electron chi connectivity index (χ0n) is 16.2. The number of alkyl halides is 2. The van der Waals surface area contributed by atoms with Crippen LogP contribution in [-0.4, -0.2) is 16.1 Å². The maximum Gasteiger partial charge on any atom is 0.257 e. The lowest BCUT2D eigenvalue weighted by atomic mass is 10.1. The Hall–Kier alpha value is -1.95. The standard InChI is InChI=1S/C23H15Cl5N2O2/c24-13-8-12(9-14(25)10-13)19-20(23(19,27)28)22(32)30-16-6-7-18(26)17(11-16)21(31)29-15-4-2-1-3-5-15/h1-11,19-20H,(H,29,31)(H,30,32)/t19-,20+/m0/s1. The molecular formula is C23H15Cl5N2O2. The molecule has 3 aromatic rings. The van der Waals surface area contributed by atoms with Gasteiger partial charge in [-0.1, -0.05) is 53.0 Å². The summed E-state index contributed by atoms with van der Waals surface area (Å²) in [5.74, 6) is -2.00. The Bertz CT molecular complexity index is 1180. The molecule has 9 heteroatoms. The Kier molecular flexibility index (Phi) is 6.62. The molecule has 32 heavy (non-hydrogen) atoms. The average molecular weight is 529 g/mol. The van der Waals surface area contributed by atoms with Crippen molar-refractivity contribution in [2.24, 2.45) is 5.92 Å². The second-order valence-corrected chi connectivity index (χ2v) is 10.1. The van der Waals surface area contributed by atoms with E-state index in [0.29, 0.717) is 27.0 Å². The van der Waals surface area contributed by atoms with Crippen LogP contribution in [0.3, 0.4) is 0 Å². The fourth-order valence-corrected chi connectivity index (χ4v) is 5.11. The second-order valence-electron chi connectivity index (χ2n) is 7.34. The number of carbonyl (C=O) groups excluding carboxylic acids is 2. The van der Waals surface area contributed by atoms with Gasteiger partial charge in [0.05, 0.1) is 16.5 Å². The lowest BCUT2D eigenvalue weighted by Gasteiger charge is -2.10. The first-order valence-electron chi connectivity index (χ1n) is 9.47. The van der Waals surface area contributed by atoms with E-state index in [1.54, 1.807) is 48.5 Å². The molecule has 0 unspecified atom stereocenters. The molecule has 4 nitrogen and oxygen atoms in total. The van der Waals surface area contributed by atoms with E-state index in [1.165, 1.54) is 12.1 Å². The summed E-state index contributed by atoms with van der Waals surface area (Å²) in [4.78, 5) is 25.6. The SMILES string of the molecule is O=C(Nc1ccccc1)c1cc(NC(=O)[C@H]2[C@H](c3cc(Cl)cc(Cl)c3)C2(Cl)Cl)ccc1Cl. The number of rotatable bonds is 5. The van der Waals surface area contributed by atoms with E-state index in [1.807, 2.05) is 6.07 Å². The molecule has 1 aliphatic rings. The molecule has 4 rings (SSSR count). The van der Waals surface area contributed by atoms with Gasteiger partial charge in [0.15, 0.2) is 0 Å². The quantitative estimate of drug-likeness (QED) is 0.339. The molecule has 0 spiro atoms. The summed E-state index contributed by atoms with van der Waals surface area (Å²) in [6.45, 7) is 0.